The van der Waals surface area contributed by atoms with Crippen LogP contribution in [0.25, 0.3) is 10.2 Å². The molecule has 0 spiro atoms. The maximum Gasteiger partial charge on any atom is 0.244 e. The van der Waals surface area contributed by atoms with Crippen LogP contribution in [0.3, 0.4) is 0 Å². The summed E-state index contributed by atoms with van der Waals surface area (Å²) >= 11 is 1.68. The highest BCUT2D eigenvalue weighted by Crippen LogP contribution is 2.21. The van der Waals surface area contributed by atoms with Crippen LogP contribution in [0, 0.1) is 0 Å². The lowest BCUT2D eigenvalue weighted by Crippen LogP contribution is -2.32. The molecule has 0 aliphatic carbocycles. The van der Waals surface area contributed by atoms with Gasteiger partial charge < -0.3 is 5.32 Å². The van der Waals surface area contributed by atoms with Crippen LogP contribution < -0.4 is 5.32 Å². The highest BCUT2D eigenvalue weighted by atomic mass is 32.1. The Bertz CT molecular complexity index is 702. The third kappa shape index (κ3) is 3.11. The molecular weight excluding hydrogens is 284 g/mol. The van der Waals surface area contributed by atoms with Gasteiger partial charge in [-0.05, 0) is 25.1 Å². The normalized spacial score (nSPS) is 12.4. The molecular formula is C15H16N4OS. The summed E-state index contributed by atoms with van der Waals surface area (Å²) in [7, 11) is 0. The van der Waals surface area contributed by atoms with Crippen molar-refractivity contribution in [3.63, 3.8) is 0 Å². The lowest BCUT2D eigenvalue weighted by Gasteiger charge is -2.11. The van der Waals surface area contributed by atoms with Crippen LogP contribution in [-0.2, 0) is 11.2 Å². The van der Waals surface area contributed by atoms with Crippen molar-refractivity contribution in [3.8, 4) is 0 Å². The number of amides is 1. The summed E-state index contributed by atoms with van der Waals surface area (Å²) in [5, 5.41) is 8.05. The van der Waals surface area contributed by atoms with Crippen molar-refractivity contribution in [2.75, 3.05) is 6.54 Å². The molecule has 0 aliphatic rings. The summed E-state index contributed by atoms with van der Waals surface area (Å²) in [6.45, 7) is 2.42. The van der Waals surface area contributed by atoms with Crippen LogP contribution in [0.4, 0.5) is 0 Å². The predicted octanol–water partition coefficient (Wildman–Crippen LogP) is 2.41. The van der Waals surface area contributed by atoms with E-state index in [4.69, 9.17) is 0 Å². The summed E-state index contributed by atoms with van der Waals surface area (Å²) in [5.41, 5.74) is 1.02. The Morgan fingerprint density at radius 3 is 3.00 bits per heavy atom. The molecule has 0 fully saturated rings. The second-order valence-electron chi connectivity index (χ2n) is 4.78. The minimum Gasteiger partial charge on any atom is -0.354 e. The van der Waals surface area contributed by atoms with E-state index in [9.17, 15) is 4.79 Å². The fraction of sp³-hybridized carbons (Fsp3) is 0.267. The Hall–Kier alpha value is -2.21. The Morgan fingerprint density at radius 2 is 2.24 bits per heavy atom. The molecule has 0 saturated heterocycles. The van der Waals surface area contributed by atoms with Gasteiger partial charge in [0.15, 0.2) is 0 Å². The molecule has 3 aromatic rings. The van der Waals surface area contributed by atoms with Gasteiger partial charge in [0.1, 0.15) is 6.04 Å². The van der Waals surface area contributed by atoms with Gasteiger partial charge in [-0.15, -0.1) is 11.3 Å². The first-order chi connectivity index (χ1) is 10.2. The molecule has 2 aromatic heterocycles. The number of nitrogens with one attached hydrogen (secondary N) is 1. The molecule has 0 saturated carbocycles. The van der Waals surface area contributed by atoms with E-state index in [1.165, 1.54) is 4.70 Å². The molecule has 1 amide bonds. The molecule has 5 nitrogen and oxygen atoms in total. The summed E-state index contributed by atoms with van der Waals surface area (Å²) in [6.07, 6.45) is 4.21. The number of thiazole rings is 1. The molecule has 0 bridgehead atoms. The number of carbonyl (C=O) groups is 1. The molecule has 1 aromatic carbocycles. The highest BCUT2D eigenvalue weighted by Gasteiger charge is 2.14. The zero-order valence-electron chi connectivity index (χ0n) is 11.7. The number of rotatable bonds is 5. The zero-order chi connectivity index (χ0) is 14.7. The lowest BCUT2D eigenvalue weighted by atomic mass is 10.3. The van der Waals surface area contributed by atoms with Crippen LogP contribution in [0.15, 0.2) is 42.7 Å². The SMILES string of the molecule is CC(C(=O)NCCc1nc2ccccc2s1)n1cccn1. The van der Waals surface area contributed by atoms with Crippen LogP contribution >= 0.6 is 11.3 Å². The predicted molar refractivity (Wildman–Crippen MR) is 83.3 cm³/mol. The van der Waals surface area contributed by atoms with E-state index in [1.54, 1.807) is 28.4 Å². The number of para-hydroxylation sites is 1. The molecule has 1 unspecified atom stereocenters. The number of hydrogen-bond donors (Lipinski definition) is 1. The van der Waals surface area contributed by atoms with Crippen LogP contribution in [0.5, 0.6) is 0 Å². The van der Waals surface area contributed by atoms with Gasteiger partial charge in [-0.1, -0.05) is 12.1 Å². The van der Waals surface area contributed by atoms with Crippen molar-refractivity contribution in [2.45, 2.75) is 19.4 Å². The number of hydrogen-bond acceptors (Lipinski definition) is 4. The summed E-state index contributed by atoms with van der Waals surface area (Å²) < 4.78 is 2.83. The van der Waals surface area contributed by atoms with Crippen LogP contribution in [0.1, 0.15) is 18.0 Å². The summed E-state index contributed by atoms with van der Waals surface area (Å²) in [4.78, 5) is 16.6. The van der Waals surface area contributed by atoms with Gasteiger partial charge in [-0.25, -0.2) is 4.98 Å². The molecule has 2 heterocycles. The average molecular weight is 300 g/mol. The van der Waals surface area contributed by atoms with Gasteiger partial charge in [0.25, 0.3) is 0 Å². The quantitative estimate of drug-likeness (QED) is 0.787. The van der Waals surface area contributed by atoms with Crippen LogP contribution in [-0.4, -0.2) is 27.2 Å². The standard InChI is InChI=1S/C15H16N4OS/c1-11(19-10-4-8-17-19)15(20)16-9-7-14-18-12-5-2-3-6-13(12)21-14/h2-6,8,10-11H,7,9H2,1H3,(H,16,20). The molecule has 0 aliphatic heterocycles. The second kappa shape index (κ2) is 6.05. The van der Waals surface area contributed by atoms with E-state index in [0.717, 1.165) is 16.9 Å². The largest absolute Gasteiger partial charge is 0.354 e. The fourth-order valence-electron chi connectivity index (χ4n) is 2.10. The second-order valence-corrected chi connectivity index (χ2v) is 5.89. The van der Waals surface area contributed by atoms with Crippen molar-refractivity contribution in [2.24, 2.45) is 0 Å². The number of nitrogens with zero attached hydrogens (tertiary/aromatic N) is 3. The lowest BCUT2D eigenvalue weighted by molar-refractivity contribution is -0.124. The van der Waals surface area contributed by atoms with Crippen molar-refractivity contribution < 1.29 is 4.79 Å². The third-order valence-corrected chi connectivity index (χ3v) is 4.37. The number of fused-ring (bicyclic) bond motifs is 1. The Labute approximate surface area is 126 Å². The number of benzene rings is 1. The van der Waals surface area contributed by atoms with E-state index in [0.29, 0.717) is 6.54 Å². The maximum absolute atomic E-state index is 12.0. The molecule has 1 N–H and O–H groups in total. The van der Waals surface area contributed by atoms with Crippen molar-refractivity contribution in [3.05, 3.63) is 47.7 Å². The average Bonchev–Trinajstić information content (AvgIpc) is 3.15. The smallest absolute Gasteiger partial charge is 0.244 e. The first-order valence-electron chi connectivity index (χ1n) is 6.85. The molecule has 3 rings (SSSR count). The van der Waals surface area contributed by atoms with Crippen molar-refractivity contribution in [1.82, 2.24) is 20.1 Å². The van der Waals surface area contributed by atoms with Gasteiger partial charge >= 0.3 is 0 Å². The minimum atomic E-state index is -0.296. The van der Waals surface area contributed by atoms with Gasteiger partial charge in [0.2, 0.25) is 5.91 Å². The topological polar surface area (TPSA) is 59.8 Å². The number of aromatic nitrogens is 3. The zero-order valence-corrected chi connectivity index (χ0v) is 12.5. The Kier molecular flexibility index (Phi) is 3.96. The molecule has 108 valence electrons. The minimum absolute atomic E-state index is 0.0280. The summed E-state index contributed by atoms with van der Waals surface area (Å²) in [6, 6.07) is 9.58. The molecule has 1 atom stereocenters. The van der Waals surface area contributed by atoms with E-state index in [-0.39, 0.29) is 11.9 Å². The first-order valence-corrected chi connectivity index (χ1v) is 7.67. The van der Waals surface area contributed by atoms with Gasteiger partial charge in [0.05, 0.1) is 15.2 Å². The Balaban J connectivity index is 1.55. The van der Waals surface area contributed by atoms with Gasteiger partial charge in [-0.3, -0.25) is 9.48 Å². The number of carbonyl (C=O) groups excluding carboxylic acids is 1. The van der Waals surface area contributed by atoms with E-state index in [2.05, 4.69) is 21.5 Å². The molecule has 6 heteroatoms. The first kappa shape index (κ1) is 13.8. The summed E-state index contributed by atoms with van der Waals surface area (Å²) in [5.74, 6) is -0.0280. The molecule has 21 heavy (non-hydrogen) atoms. The highest BCUT2D eigenvalue weighted by molar-refractivity contribution is 7.18. The maximum atomic E-state index is 12.0. The van der Waals surface area contributed by atoms with E-state index >= 15 is 0 Å². The molecule has 0 radical (unpaired) electrons. The van der Waals surface area contributed by atoms with E-state index < -0.39 is 0 Å². The third-order valence-electron chi connectivity index (χ3n) is 3.28. The van der Waals surface area contributed by atoms with E-state index in [1.807, 2.05) is 31.2 Å². The Morgan fingerprint density at radius 1 is 1.38 bits per heavy atom. The van der Waals surface area contributed by atoms with Gasteiger partial charge in [-0.2, -0.15) is 5.10 Å². The fourth-order valence-corrected chi connectivity index (χ4v) is 3.06. The monoisotopic (exact) mass is 300 g/mol. The van der Waals surface area contributed by atoms with Crippen LogP contribution in [0.2, 0.25) is 0 Å². The van der Waals surface area contributed by atoms with Gasteiger partial charge in [0, 0.05) is 25.4 Å². The van der Waals surface area contributed by atoms with Crippen molar-refractivity contribution in [1.29, 1.82) is 0 Å². The van der Waals surface area contributed by atoms with Crippen molar-refractivity contribution >= 4 is 27.5 Å².